The Morgan fingerprint density at radius 1 is 1.24 bits per heavy atom. The second kappa shape index (κ2) is 9.66. The minimum Gasteiger partial charge on any atom is -0.490 e. The van der Waals surface area contributed by atoms with Crippen LogP contribution >= 0.6 is 11.6 Å². The highest BCUT2D eigenvalue weighted by atomic mass is 35.5. The summed E-state index contributed by atoms with van der Waals surface area (Å²) in [6.07, 6.45) is 3.88. The summed E-state index contributed by atoms with van der Waals surface area (Å²) in [4.78, 5) is 29.9. The number of ether oxygens (including phenoxy) is 3. The number of nitrogens with two attached hydrogens (primary N) is 1. The molecule has 1 saturated heterocycles. The summed E-state index contributed by atoms with van der Waals surface area (Å²) in [5, 5.41) is 6.89. The SMILES string of the molecule is NC1(COc2ccc3c(c2Cl)CC(CNCCC2CN(c4ccc5c(n4)NC(=O)CO5)C(=O)O2)C3)CC1. The number of pyridine rings is 1. The van der Waals surface area contributed by atoms with Crippen molar-refractivity contribution in [2.45, 2.75) is 43.7 Å². The summed E-state index contributed by atoms with van der Waals surface area (Å²) in [5.74, 6) is 2.12. The average molecular weight is 528 g/mol. The molecule has 37 heavy (non-hydrogen) atoms. The van der Waals surface area contributed by atoms with Crippen molar-refractivity contribution in [1.82, 2.24) is 10.3 Å². The molecule has 2 aliphatic heterocycles. The average Bonchev–Trinajstić information content (AvgIpc) is 3.29. The summed E-state index contributed by atoms with van der Waals surface area (Å²) in [7, 11) is 0. The van der Waals surface area contributed by atoms with Gasteiger partial charge in [-0.25, -0.2) is 9.78 Å². The summed E-state index contributed by atoms with van der Waals surface area (Å²) in [6.45, 7) is 2.44. The number of aromatic nitrogens is 1. The zero-order valence-corrected chi connectivity index (χ0v) is 21.2. The standard InChI is InChI=1S/C26H30ClN5O5/c27-23-18-10-15(9-16(18)1-2-19(23)36-14-26(28)6-7-26)11-29-8-5-17-12-32(25(34)37-17)21-4-3-20-24(30-21)31-22(33)13-35-20/h1-4,15,17,29H,5-14,28H2,(H,30,31,33). The lowest BCUT2D eigenvalue weighted by Gasteiger charge is -2.19. The van der Waals surface area contributed by atoms with Gasteiger partial charge < -0.3 is 30.6 Å². The van der Waals surface area contributed by atoms with Crippen LogP contribution in [0.1, 0.15) is 30.4 Å². The summed E-state index contributed by atoms with van der Waals surface area (Å²) in [5.41, 5.74) is 8.41. The second-order valence-corrected chi connectivity index (χ2v) is 10.8. The molecule has 4 N–H and O–H groups in total. The number of hydrogen-bond acceptors (Lipinski definition) is 8. The number of nitrogens with zero attached hydrogens (tertiary/aromatic N) is 2. The maximum absolute atomic E-state index is 12.4. The molecule has 196 valence electrons. The van der Waals surface area contributed by atoms with Crippen molar-refractivity contribution in [1.29, 1.82) is 0 Å². The van der Waals surface area contributed by atoms with Crippen molar-refractivity contribution in [3.8, 4) is 11.5 Å². The molecule has 10 nitrogen and oxygen atoms in total. The molecule has 2 aromatic rings. The smallest absolute Gasteiger partial charge is 0.415 e. The van der Waals surface area contributed by atoms with Crippen LogP contribution in [0.5, 0.6) is 11.5 Å². The van der Waals surface area contributed by atoms with Gasteiger partial charge in [0, 0.05) is 0 Å². The Kier molecular flexibility index (Phi) is 6.34. The first-order valence-electron chi connectivity index (χ1n) is 12.7. The molecule has 2 atom stereocenters. The van der Waals surface area contributed by atoms with Gasteiger partial charge >= 0.3 is 6.09 Å². The van der Waals surface area contributed by atoms with Crippen LogP contribution in [0.4, 0.5) is 16.4 Å². The zero-order chi connectivity index (χ0) is 25.6. The normalized spacial score (nSPS) is 23.1. The van der Waals surface area contributed by atoms with Crippen molar-refractivity contribution in [2.75, 3.05) is 43.1 Å². The van der Waals surface area contributed by atoms with Crippen LogP contribution in [0.25, 0.3) is 0 Å². The number of benzene rings is 1. The van der Waals surface area contributed by atoms with E-state index in [1.807, 2.05) is 6.07 Å². The maximum atomic E-state index is 12.4. The van der Waals surface area contributed by atoms with E-state index in [9.17, 15) is 9.59 Å². The fraction of sp³-hybridized carbons (Fsp3) is 0.500. The van der Waals surface area contributed by atoms with Crippen molar-refractivity contribution >= 4 is 35.2 Å². The van der Waals surface area contributed by atoms with Gasteiger partial charge in [-0.15, -0.1) is 0 Å². The molecular formula is C26H30ClN5O5. The fourth-order valence-electron chi connectivity index (χ4n) is 5.04. The van der Waals surface area contributed by atoms with Crippen molar-refractivity contribution < 1.29 is 23.8 Å². The van der Waals surface area contributed by atoms with Gasteiger partial charge in [0.25, 0.3) is 5.91 Å². The first kappa shape index (κ1) is 24.3. The van der Waals surface area contributed by atoms with Gasteiger partial charge in [-0.3, -0.25) is 9.69 Å². The lowest BCUT2D eigenvalue weighted by Crippen LogP contribution is -2.30. The van der Waals surface area contributed by atoms with Gasteiger partial charge in [-0.2, -0.15) is 0 Å². The summed E-state index contributed by atoms with van der Waals surface area (Å²) in [6, 6.07) is 7.46. The van der Waals surface area contributed by atoms with Crippen LogP contribution in [0.2, 0.25) is 5.02 Å². The first-order valence-corrected chi connectivity index (χ1v) is 13.1. The molecule has 0 radical (unpaired) electrons. The number of amides is 2. The van der Waals surface area contributed by atoms with E-state index < -0.39 is 6.09 Å². The van der Waals surface area contributed by atoms with Gasteiger partial charge in [0.15, 0.2) is 18.2 Å². The van der Waals surface area contributed by atoms with Crippen molar-refractivity contribution in [3.05, 3.63) is 40.4 Å². The van der Waals surface area contributed by atoms with E-state index in [0.29, 0.717) is 47.9 Å². The van der Waals surface area contributed by atoms with E-state index in [1.165, 1.54) is 16.0 Å². The van der Waals surface area contributed by atoms with E-state index in [4.69, 9.17) is 31.5 Å². The summed E-state index contributed by atoms with van der Waals surface area (Å²) >= 11 is 6.67. The van der Waals surface area contributed by atoms with Crippen molar-refractivity contribution in [3.63, 3.8) is 0 Å². The number of carbonyl (C=O) groups excluding carboxylic acids is 2. The summed E-state index contributed by atoms with van der Waals surface area (Å²) < 4.78 is 16.8. The zero-order valence-electron chi connectivity index (χ0n) is 20.4. The number of nitrogens with one attached hydrogen (secondary N) is 2. The number of anilines is 2. The Bertz CT molecular complexity index is 1240. The van der Waals surface area contributed by atoms with Crippen molar-refractivity contribution in [2.24, 2.45) is 11.7 Å². The number of fused-ring (bicyclic) bond motifs is 2. The molecule has 11 heteroatoms. The molecule has 2 fully saturated rings. The van der Waals surface area contributed by atoms with Crippen LogP contribution in [-0.2, 0) is 22.4 Å². The number of cyclic esters (lactones) is 1. The van der Waals surface area contributed by atoms with E-state index in [1.54, 1.807) is 12.1 Å². The Hall–Kier alpha value is -3.08. The number of hydrogen-bond donors (Lipinski definition) is 3. The molecule has 0 spiro atoms. The highest BCUT2D eigenvalue weighted by molar-refractivity contribution is 6.33. The molecule has 4 aliphatic rings. The van der Waals surface area contributed by atoms with Crippen LogP contribution < -0.4 is 30.7 Å². The van der Waals surface area contributed by atoms with E-state index >= 15 is 0 Å². The third kappa shape index (κ3) is 5.18. The highest BCUT2D eigenvalue weighted by Crippen LogP contribution is 2.39. The molecule has 6 rings (SSSR count). The molecule has 1 saturated carbocycles. The monoisotopic (exact) mass is 527 g/mol. The lowest BCUT2D eigenvalue weighted by atomic mass is 10.1. The highest BCUT2D eigenvalue weighted by Gasteiger charge is 2.39. The Balaban J connectivity index is 0.963. The molecular weight excluding hydrogens is 498 g/mol. The predicted octanol–water partition coefficient (Wildman–Crippen LogP) is 2.66. The van der Waals surface area contributed by atoms with Gasteiger partial charge in [-0.05, 0) is 80.4 Å². The number of halogens is 1. The largest absolute Gasteiger partial charge is 0.490 e. The van der Waals surface area contributed by atoms with Gasteiger partial charge in [0.2, 0.25) is 0 Å². The van der Waals surface area contributed by atoms with Gasteiger partial charge in [0.1, 0.15) is 24.3 Å². The first-order chi connectivity index (χ1) is 17.9. The van der Waals surface area contributed by atoms with Gasteiger partial charge in [0.05, 0.1) is 17.1 Å². The predicted molar refractivity (Wildman–Crippen MR) is 137 cm³/mol. The third-order valence-corrected chi connectivity index (χ3v) is 7.81. The molecule has 0 bridgehead atoms. The second-order valence-electron chi connectivity index (χ2n) is 10.4. The minimum absolute atomic E-state index is 0.0420. The van der Waals surface area contributed by atoms with Crippen LogP contribution in [0.3, 0.4) is 0 Å². The van der Waals surface area contributed by atoms with Gasteiger partial charge in [-0.1, -0.05) is 17.7 Å². The fourth-order valence-corrected chi connectivity index (χ4v) is 5.35. The van der Waals surface area contributed by atoms with Crippen LogP contribution in [-0.4, -0.2) is 61.5 Å². The number of carbonyl (C=O) groups is 2. The Morgan fingerprint density at radius 3 is 2.95 bits per heavy atom. The quantitative estimate of drug-likeness (QED) is 0.425. The van der Waals surface area contributed by atoms with Crippen LogP contribution in [0.15, 0.2) is 24.3 Å². The molecule has 1 aromatic carbocycles. The maximum Gasteiger partial charge on any atom is 0.415 e. The topological polar surface area (TPSA) is 128 Å². The Morgan fingerprint density at radius 2 is 2.11 bits per heavy atom. The minimum atomic E-state index is -0.443. The van der Waals surface area contributed by atoms with Crippen LogP contribution in [0, 0.1) is 5.92 Å². The molecule has 2 amide bonds. The Labute approximate surface area is 219 Å². The molecule has 2 unspecified atom stereocenters. The molecule has 2 aliphatic carbocycles. The lowest BCUT2D eigenvalue weighted by molar-refractivity contribution is -0.118. The van der Waals surface area contributed by atoms with E-state index in [2.05, 4.69) is 21.7 Å². The molecule has 1 aromatic heterocycles. The molecule has 3 heterocycles. The third-order valence-electron chi connectivity index (χ3n) is 7.40. The number of rotatable bonds is 9. The van der Waals surface area contributed by atoms with E-state index in [-0.39, 0.29) is 24.2 Å². The van der Waals surface area contributed by atoms with E-state index in [0.717, 1.165) is 44.5 Å².